The van der Waals surface area contributed by atoms with Crippen LogP contribution >= 0.6 is 11.3 Å². The first kappa shape index (κ1) is 13.8. The fourth-order valence-corrected chi connectivity index (χ4v) is 3.06. The third-order valence-corrected chi connectivity index (χ3v) is 4.27. The fourth-order valence-electron chi connectivity index (χ4n) is 2.12. The zero-order valence-electron chi connectivity index (χ0n) is 11.8. The van der Waals surface area contributed by atoms with Gasteiger partial charge in [-0.1, -0.05) is 23.5 Å². The molecule has 0 aliphatic carbocycles. The third kappa shape index (κ3) is 2.97. The molecule has 0 spiro atoms. The number of methoxy groups -OCH3 is 1. The molecule has 0 bridgehead atoms. The van der Waals surface area contributed by atoms with Crippen LogP contribution in [0, 0.1) is 5.82 Å². The Morgan fingerprint density at radius 3 is 2.67 bits per heavy atom. The lowest BCUT2D eigenvalue weighted by atomic mass is 10.1. The van der Waals surface area contributed by atoms with Crippen LogP contribution in [-0.4, -0.2) is 12.1 Å². The molecule has 0 aliphatic heterocycles. The molecule has 0 aliphatic rings. The van der Waals surface area contributed by atoms with Crippen LogP contribution in [0.3, 0.4) is 0 Å². The predicted octanol–water partition coefficient (Wildman–Crippen LogP) is 4.62. The van der Waals surface area contributed by atoms with Crippen molar-refractivity contribution in [3.8, 4) is 5.75 Å². The molecule has 0 saturated carbocycles. The van der Waals surface area contributed by atoms with Gasteiger partial charge in [0.2, 0.25) is 0 Å². The molecule has 3 rings (SSSR count). The number of aromatic nitrogens is 1. The summed E-state index contributed by atoms with van der Waals surface area (Å²) in [4.78, 5) is 4.42. The number of thiazole rings is 1. The first-order chi connectivity index (χ1) is 10.2. The average Bonchev–Trinajstić information content (AvgIpc) is 2.88. The van der Waals surface area contributed by atoms with Crippen molar-refractivity contribution in [1.29, 1.82) is 0 Å². The van der Waals surface area contributed by atoms with Gasteiger partial charge in [0.25, 0.3) is 0 Å². The molecule has 108 valence electrons. The molecule has 5 heteroatoms. The van der Waals surface area contributed by atoms with Gasteiger partial charge in [-0.3, -0.25) is 0 Å². The molecule has 1 aromatic heterocycles. The van der Waals surface area contributed by atoms with Gasteiger partial charge < -0.3 is 10.1 Å². The molecule has 2 aromatic carbocycles. The second-order valence-corrected chi connectivity index (χ2v) is 5.80. The van der Waals surface area contributed by atoms with E-state index in [-0.39, 0.29) is 11.9 Å². The summed E-state index contributed by atoms with van der Waals surface area (Å²) in [5.74, 6) is 0.573. The Bertz CT molecular complexity index is 755. The van der Waals surface area contributed by atoms with Crippen molar-refractivity contribution in [1.82, 2.24) is 4.98 Å². The quantitative estimate of drug-likeness (QED) is 0.763. The van der Waals surface area contributed by atoms with E-state index in [1.54, 1.807) is 13.2 Å². The van der Waals surface area contributed by atoms with Crippen molar-refractivity contribution >= 4 is 26.7 Å². The highest BCUT2D eigenvalue weighted by atomic mass is 32.1. The highest BCUT2D eigenvalue weighted by Gasteiger charge is 2.09. The lowest BCUT2D eigenvalue weighted by Crippen LogP contribution is -2.06. The van der Waals surface area contributed by atoms with Crippen molar-refractivity contribution in [2.24, 2.45) is 0 Å². The van der Waals surface area contributed by atoms with Gasteiger partial charge in [0.1, 0.15) is 11.6 Å². The lowest BCUT2D eigenvalue weighted by molar-refractivity contribution is 0.414. The maximum Gasteiger partial charge on any atom is 0.184 e. The van der Waals surface area contributed by atoms with Crippen molar-refractivity contribution in [2.75, 3.05) is 12.4 Å². The zero-order chi connectivity index (χ0) is 14.8. The van der Waals surface area contributed by atoms with Gasteiger partial charge in [0.05, 0.1) is 23.4 Å². The normalized spacial score (nSPS) is 12.3. The molecule has 0 fully saturated rings. The minimum Gasteiger partial charge on any atom is -0.497 e. The summed E-state index contributed by atoms with van der Waals surface area (Å²) in [5, 5.41) is 4.14. The number of anilines is 1. The Kier molecular flexibility index (Phi) is 3.75. The maximum atomic E-state index is 13.2. The summed E-state index contributed by atoms with van der Waals surface area (Å²) in [6, 6.07) is 12.7. The molecule has 1 unspecified atom stereocenters. The van der Waals surface area contributed by atoms with E-state index in [1.807, 2.05) is 24.3 Å². The van der Waals surface area contributed by atoms with Crippen LogP contribution in [-0.2, 0) is 0 Å². The maximum absolute atomic E-state index is 13.2. The van der Waals surface area contributed by atoms with Crippen LogP contribution in [0.1, 0.15) is 18.5 Å². The van der Waals surface area contributed by atoms with E-state index in [1.165, 1.54) is 23.5 Å². The fraction of sp³-hybridized carbons (Fsp3) is 0.188. The minimum absolute atomic E-state index is 0.112. The van der Waals surface area contributed by atoms with Crippen LogP contribution < -0.4 is 10.1 Å². The SMILES string of the molecule is COc1ccc(C(C)Nc2nc3cc(F)ccc3s2)cc1. The Morgan fingerprint density at radius 1 is 1.19 bits per heavy atom. The number of ether oxygens (including phenoxy) is 1. The second-order valence-electron chi connectivity index (χ2n) is 4.77. The van der Waals surface area contributed by atoms with E-state index in [0.29, 0.717) is 5.52 Å². The number of halogens is 1. The van der Waals surface area contributed by atoms with E-state index in [0.717, 1.165) is 21.1 Å². The van der Waals surface area contributed by atoms with Crippen LogP contribution in [0.5, 0.6) is 5.75 Å². The number of nitrogens with one attached hydrogen (secondary N) is 1. The van der Waals surface area contributed by atoms with E-state index < -0.39 is 0 Å². The number of rotatable bonds is 4. The predicted molar refractivity (Wildman–Crippen MR) is 84.6 cm³/mol. The van der Waals surface area contributed by atoms with Gasteiger partial charge in [-0.25, -0.2) is 9.37 Å². The Hall–Kier alpha value is -2.14. The monoisotopic (exact) mass is 302 g/mol. The summed E-state index contributed by atoms with van der Waals surface area (Å²) in [6.45, 7) is 2.06. The van der Waals surface area contributed by atoms with Gasteiger partial charge in [-0.15, -0.1) is 0 Å². The minimum atomic E-state index is -0.262. The average molecular weight is 302 g/mol. The van der Waals surface area contributed by atoms with Crippen molar-refractivity contribution in [2.45, 2.75) is 13.0 Å². The zero-order valence-corrected chi connectivity index (χ0v) is 12.6. The van der Waals surface area contributed by atoms with E-state index in [2.05, 4.69) is 17.2 Å². The Labute approximate surface area is 126 Å². The molecule has 3 nitrogen and oxygen atoms in total. The van der Waals surface area contributed by atoms with Crippen molar-refractivity contribution in [3.05, 3.63) is 53.8 Å². The van der Waals surface area contributed by atoms with Gasteiger partial charge >= 0.3 is 0 Å². The molecule has 21 heavy (non-hydrogen) atoms. The number of hydrogen-bond donors (Lipinski definition) is 1. The summed E-state index contributed by atoms with van der Waals surface area (Å²) in [6.07, 6.45) is 0. The van der Waals surface area contributed by atoms with Gasteiger partial charge in [0.15, 0.2) is 5.13 Å². The molecule has 1 heterocycles. The smallest absolute Gasteiger partial charge is 0.184 e. The number of fused-ring (bicyclic) bond motifs is 1. The van der Waals surface area contributed by atoms with E-state index in [9.17, 15) is 4.39 Å². The largest absolute Gasteiger partial charge is 0.497 e. The molecule has 1 atom stereocenters. The molecular weight excluding hydrogens is 287 g/mol. The first-order valence-corrected chi connectivity index (χ1v) is 7.44. The summed E-state index contributed by atoms with van der Waals surface area (Å²) in [7, 11) is 1.65. The van der Waals surface area contributed by atoms with Crippen LogP contribution in [0.15, 0.2) is 42.5 Å². The van der Waals surface area contributed by atoms with E-state index in [4.69, 9.17) is 4.74 Å². The van der Waals surface area contributed by atoms with Crippen LogP contribution in [0.4, 0.5) is 9.52 Å². The second kappa shape index (κ2) is 5.69. The summed E-state index contributed by atoms with van der Waals surface area (Å²) in [5.41, 5.74) is 1.82. The van der Waals surface area contributed by atoms with Crippen molar-refractivity contribution in [3.63, 3.8) is 0 Å². The third-order valence-electron chi connectivity index (χ3n) is 3.31. The topological polar surface area (TPSA) is 34.1 Å². The lowest BCUT2D eigenvalue weighted by Gasteiger charge is -2.13. The highest BCUT2D eigenvalue weighted by molar-refractivity contribution is 7.22. The molecule has 1 N–H and O–H groups in total. The van der Waals surface area contributed by atoms with Crippen LogP contribution in [0.25, 0.3) is 10.2 Å². The highest BCUT2D eigenvalue weighted by Crippen LogP contribution is 2.29. The van der Waals surface area contributed by atoms with Crippen LogP contribution in [0.2, 0.25) is 0 Å². The number of benzene rings is 2. The number of nitrogens with zero attached hydrogens (tertiary/aromatic N) is 1. The summed E-state index contributed by atoms with van der Waals surface area (Å²) < 4.78 is 19.3. The molecule has 0 amide bonds. The van der Waals surface area contributed by atoms with Crippen molar-refractivity contribution < 1.29 is 9.13 Å². The summed E-state index contributed by atoms with van der Waals surface area (Å²) >= 11 is 1.52. The Morgan fingerprint density at radius 2 is 1.95 bits per heavy atom. The van der Waals surface area contributed by atoms with Gasteiger partial charge in [-0.05, 0) is 36.8 Å². The molecular formula is C16H15FN2OS. The van der Waals surface area contributed by atoms with Gasteiger partial charge in [0, 0.05) is 6.07 Å². The number of hydrogen-bond acceptors (Lipinski definition) is 4. The van der Waals surface area contributed by atoms with Gasteiger partial charge in [-0.2, -0.15) is 0 Å². The molecule has 0 saturated heterocycles. The molecule has 0 radical (unpaired) electrons. The first-order valence-electron chi connectivity index (χ1n) is 6.62. The molecule has 3 aromatic rings. The van der Waals surface area contributed by atoms with E-state index >= 15 is 0 Å². The standard InChI is InChI=1S/C16H15FN2OS/c1-10(11-3-6-13(20-2)7-4-11)18-16-19-14-9-12(17)5-8-15(14)21-16/h3-10H,1-2H3,(H,18,19). The Balaban J connectivity index is 1.79.